The summed E-state index contributed by atoms with van der Waals surface area (Å²) in [6.45, 7) is 5.77. The van der Waals surface area contributed by atoms with Gasteiger partial charge in [0.05, 0.1) is 11.1 Å². The second-order valence-corrected chi connectivity index (χ2v) is 4.41. The van der Waals surface area contributed by atoms with E-state index in [9.17, 15) is 4.79 Å². The smallest absolute Gasteiger partial charge is 0.255 e. The van der Waals surface area contributed by atoms with Crippen molar-refractivity contribution in [2.45, 2.75) is 26.3 Å². The number of carbonyl (C=O) groups excluding carboxylic acids is 1. The Morgan fingerprint density at radius 2 is 2.14 bits per heavy atom. The minimum atomic E-state index is -0.343. The van der Waals surface area contributed by atoms with Gasteiger partial charge in [0.2, 0.25) is 0 Å². The van der Waals surface area contributed by atoms with Crippen molar-refractivity contribution in [3.63, 3.8) is 0 Å². The first-order valence-corrected chi connectivity index (χ1v) is 4.80. The first kappa shape index (κ1) is 9.46. The zero-order valence-corrected chi connectivity index (χ0v) is 9.07. The van der Waals surface area contributed by atoms with Gasteiger partial charge in [-0.15, -0.1) is 0 Å². The van der Waals surface area contributed by atoms with Crippen LogP contribution in [0, 0.1) is 6.92 Å². The molecule has 2 rings (SSSR count). The highest BCUT2D eigenvalue weighted by molar-refractivity contribution is 6.33. The number of nitrogens with one attached hydrogen (secondary N) is 1. The number of aromatic nitrogens is 1. The molecule has 0 unspecified atom stereocenters. The number of carbonyl (C=O) groups is 1. The topological polar surface area (TPSA) is 42.0 Å². The number of aryl methyl sites for hydroxylation is 1. The number of hydrogen-bond donors (Lipinski definition) is 1. The molecule has 1 aromatic rings. The molecule has 0 fully saturated rings. The summed E-state index contributed by atoms with van der Waals surface area (Å²) >= 11 is 5.93. The largest absolute Gasteiger partial charge is 0.343 e. The van der Waals surface area contributed by atoms with Gasteiger partial charge in [0, 0.05) is 5.69 Å². The fourth-order valence-electron chi connectivity index (χ4n) is 1.76. The summed E-state index contributed by atoms with van der Waals surface area (Å²) in [4.78, 5) is 15.6. The third kappa shape index (κ3) is 1.20. The molecule has 1 amide bonds. The lowest BCUT2D eigenvalue weighted by Gasteiger charge is -2.19. The highest BCUT2D eigenvalue weighted by Gasteiger charge is 2.37. The average molecular weight is 211 g/mol. The summed E-state index contributed by atoms with van der Waals surface area (Å²) in [5.74, 6) is -0.137. The molecule has 0 spiro atoms. The van der Waals surface area contributed by atoms with Crippen molar-refractivity contribution < 1.29 is 4.79 Å². The third-order valence-corrected chi connectivity index (χ3v) is 2.70. The molecule has 0 aliphatic carbocycles. The SMILES string of the molecule is Cc1cc2c(c(Cl)n1)C(=O)NC2(C)C. The van der Waals surface area contributed by atoms with Crippen LogP contribution in [0.5, 0.6) is 0 Å². The number of rotatable bonds is 0. The molecule has 1 aliphatic heterocycles. The van der Waals surface area contributed by atoms with Gasteiger partial charge in [-0.2, -0.15) is 0 Å². The Morgan fingerprint density at radius 3 is 2.79 bits per heavy atom. The molecule has 0 saturated carbocycles. The maximum absolute atomic E-state index is 11.6. The van der Waals surface area contributed by atoms with E-state index in [1.54, 1.807) is 0 Å². The lowest BCUT2D eigenvalue weighted by molar-refractivity contribution is 0.0940. The van der Waals surface area contributed by atoms with Crippen LogP contribution in [-0.4, -0.2) is 10.9 Å². The van der Waals surface area contributed by atoms with Gasteiger partial charge in [0.15, 0.2) is 0 Å². The fourth-order valence-corrected chi connectivity index (χ4v) is 2.08. The number of halogens is 1. The standard InChI is InChI=1S/C10H11ClN2O/c1-5-4-6-7(8(11)12-5)9(14)13-10(6,2)3/h4H,1-3H3,(H,13,14). The minimum Gasteiger partial charge on any atom is -0.343 e. The molecule has 0 aromatic carbocycles. The monoisotopic (exact) mass is 210 g/mol. The van der Waals surface area contributed by atoms with Crippen LogP contribution < -0.4 is 5.32 Å². The van der Waals surface area contributed by atoms with E-state index in [2.05, 4.69) is 10.3 Å². The molecule has 3 nitrogen and oxygen atoms in total. The van der Waals surface area contributed by atoms with Crippen molar-refractivity contribution in [3.05, 3.63) is 28.0 Å². The average Bonchev–Trinajstić information content (AvgIpc) is 2.21. The second kappa shape index (κ2) is 2.70. The minimum absolute atomic E-state index is 0.137. The van der Waals surface area contributed by atoms with Gasteiger partial charge in [-0.25, -0.2) is 4.98 Å². The van der Waals surface area contributed by atoms with Crippen molar-refractivity contribution in [3.8, 4) is 0 Å². The van der Waals surface area contributed by atoms with Crippen LogP contribution in [0.2, 0.25) is 5.15 Å². The van der Waals surface area contributed by atoms with E-state index in [1.807, 2.05) is 26.8 Å². The van der Waals surface area contributed by atoms with Gasteiger partial charge in [0.1, 0.15) is 5.15 Å². The lowest BCUT2D eigenvalue weighted by Crippen LogP contribution is -2.32. The van der Waals surface area contributed by atoms with Crippen molar-refractivity contribution in [1.29, 1.82) is 0 Å². The Balaban J connectivity index is 2.75. The zero-order valence-electron chi connectivity index (χ0n) is 8.31. The first-order valence-electron chi connectivity index (χ1n) is 4.42. The number of fused-ring (bicyclic) bond motifs is 1. The van der Waals surface area contributed by atoms with E-state index in [0.29, 0.717) is 10.7 Å². The van der Waals surface area contributed by atoms with Crippen LogP contribution in [0.3, 0.4) is 0 Å². The van der Waals surface area contributed by atoms with E-state index < -0.39 is 0 Å². The Bertz CT molecular complexity index is 426. The van der Waals surface area contributed by atoms with Crippen molar-refractivity contribution in [2.75, 3.05) is 0 Å². The van der Waals surface area contributed by atoms with Crippen LogP contribution in [0.25, 0.3) is 0 Å². The normalized spacial score (nSPS) is 17.9. The van der Waals surface area contributed by atoms with Crippen LogP contribution in [-0.2, 0) is 5.54 Å². The highest BCUT2D eigenvalue weighted by Crippen LogP contribution is 2.33. The van der Waals surface area contributed by atoms with Gasteiger partial charge < -0.3 is 5.32 Å². The number of hydrogen-bond acceptors (Lipinski definition) is 2. The molecule has 74 valence electrons. The maximum Gasteiger partial charge on any atom is 0.255 e. The molecule has 0 bridgehead atoms. The van der Waals surface area contributed by atoms with Crippen LogP contribution >= 0.6 is 11.6 Å². The van der Waals surface area contributed by atoms with E-state index in [-0.39, 0.29) is 11.4 Å². The third-order valence-electron chi connectivity index (χ3n) is 2.43. The molecule has 1 N–H and O–H groups in total. The van der Waals surface area contributed by atoms with Crippen LogP contribution in [0.1, 0.15) is 35.5 Å². The molecule has 2 heterocycles. The summed E-state index contributed by atoms with van der Waals surface area (Å²) in [5.41, 5.74) is 1.93. The van der Waals surface area contributed by atoms with E-state index >= 15 is 0 Å². The summed E-state index contributed by atoms with van der Waals surface area (Å²) < 4.78 is 0. The quantitative estimate of drug-likeness (QED) is 0.666. The van der Waals surface area contributed by atoms with E-state index in [0.717, 1.165) is 11.3 Å². The Hall–Kier alpha value is -1.09. The van der Waals surface area contributed by atoms with Gasteiger partial charge in [0.25, 0.3) is 5.91 Å². The van der Waals surface area contributed by atoms with Gasteiger partial charge in [-0.1, -0.05) is 11.6 Å². The Kier molecular flexibility index (Phi) is 1.83. The van der Waals surface area contributed by atoms with Gasteiger partial charge in [-0.3, -0.25) is 4.79 Å². The van der Waals surface area contributed by atoms with Gasteiger partial charge >= 0.3 is 0 Å². The molecule has 0 saturated heterocycles. The van der Waals surface area contributed by atoms with E-state index in [1.165, 1.54) is 0 Å². The predicted octanol–water partition coefficient (Wildman–Crippen LogP) is 2.02. The number of amides is 1. The molecular formula is C10H11ClN2O. The molecule has 0 radical (unpaired) electrons. The van der Waals surface area contributed by atoms with Crippen molar-refractivity contribution in [2.24, 2.45) is 0 Å². The lowest BCUT2D eigenvalue weighted by atomic mass is 9.95. The summed E-state index contributed by atoms with van der Waals surface area (Å²) in [6.07, 6.45) is 0. The Morgan fingerprint density at radius 1 is 1.50 bits per heavy atom. The summed E-state index contributed by atoms with van der Waals surface area (Å²) in [6, 6.07) is 1.90. The Labute approximate surface area is 87.5 Å². The predicted molar refractivity (Wildman–Crippen MR) is 54.5 cm³/mol. The van der Waals surface area contributed by atoms with Crippen LogP contribution in [0.15, 0.2) is 6.07 Å². The zero-order chi connectivity index (χ0) is 10.5. The second-order valence-electron chi connectivity index (χ2n) is 4.06. The summed E-state index contributed by atoms with van der Waals surface area (Å²) in [5, 5.41) is 3.16. The van der Waals surface area contributed by atoms with Crippen molar-refractivity contribution >= 4 is 17.5 Å². The molecule has 1 aliphatic rings. The molecule has 14 heavy (non-hydrogen) atoms. The van der Waals surface area contributed by atoms with Crippen LogP contribution in [0.4, 0.5) is 0 Å². The number of pyridine rings is 1. The molecule has 1 aromatic heterocycles. The highest BCUT2D eigenvalue weighted by atomic mass is 35.5. The van der Waals surface area contributed by atoms with E-state index in [4.69, 9.17) is 11.6 Å². The first-order chi connectivity index (χ1) is 6.42. The summed E-state index contributed by atoms with van der Waals surface area (Å²) in [7, 11) is 0. The molecule has 0 atom stereocenters. The molecular weight excluding hydrogens is 200 g/mol. The number of nitrogens with zero attached hydrogens (tertiary/aromatic N) is 1. The molecule has 4 heteroatoms. The van der Waals surface area contributed by atoms with Crippen molar-refractivity contribution in [1.82, 2.24) is 10.3 Å². The maximum atomic E-state index is 11.6. The fraction of sp³-hybridized carbons (Fsp3) is 0.400. The van der Waals surface area contributed by atoms with Gasteiger partial charge in [-0.05, 0) is 32.4 Å².